The van der Waals surface area contributed by atoms with Crippen LogP contribution in [-0.4, -0.2) is 99.2 Å². The van der Waals surface area contributed by atoms with Crippen LogP contribution >= 0.6 is 0 Å². The Hall–Kier alpha value is -5.37. The second kappa shape index (κ2) is 16.5. The standard InChI is InChI=1S/C47H56N6O7S/c1-5-31-27-47(31,44(57)49-61(59,60)34-20-21-34)28-41(54)40-25-33(30-52(40)43(56)37(46(2,3)4)26-42(55)50-23-13-6-14-24-50)51(29-32-15-11-12-22-48-32)45(58)53-38-18-9-7-16-35(38)36-17-8-10-19-39(36)53/h5,7-12,15-19,22,31,33-34,37,40H,1,6,13-14,20-21,23-30H2,2-4H3,(H,49,57)/t31-,33-,37-,40+,47-/m1/s1. The number of aromatic nitrogens is 2. The van der Waals surface area contributed by atoms with E-state index in [1.165, 1.54) is 4.90 Å². The first-order valence-corrected chi connectivity index (χ1v) is 23.2. The minimum absolute atomic E-state index is 0.00439. The Balaban J connectivity index is 1.17. The van der Waals surface area contributed by atoms with Gasteiger partial charge in [-0.1, -0.05) is 69.3 Å². The number of carbonyl (C=O) groups excluding carboxylic acids is 5. The summed E-state index contributed by atoms with van der Waals surface area (Å²) in [4.78, 5) is 82.8. The molecule has 13 nitrogen and oxygen atoms in total. The van der Waals surface area contributed by atoms with E-state index in [1.54, 1.807) is 27.8 Å². The van der Waals surface area contributed by atoms with Gasteiger partial charge in [-0.15, -0.1) is 6.58 Å². The monoisotopic (exact) mass is 848 g/mol. The highest BCUT2D eigenvalue weighted by atomic mass is 32.2. The number of carbonyl (C=O) groups is 5. The lowest BCUT2D eigenvalue weighted by molar-refractivity contribution is -0.148. The molecular formula is C47H56N6O7S. The van der Waals surface area contributed by atoms with Crippen LogP contribution in [0, 0.1) is 22.7 Å². The van der Waals surface area contributed by atoms with E-state index in [0.717, 1.165) is 30.0 Å². The molecule has 0 spiro atoms. The lowest BCUT2D eigenvalue weighted by Crippen LogP contribution is -2.50. The molecule has 322 valence electrons. The summed E-state index contributed by atoms with van der Waals surface area (Å²) in [7, 11) is -3.90. The zero-order valence-corrected chi connectivity index (χ0v) is 36.1. The number of likely N-dealkylation sites (tertiary alicyclic amines) is 2. The molecule has 4 aromatic rings. The van der Waals surface area contributed by atoms with Crippen molar-refractivity contribution in [3.05, 3.63) is 91.3 Å². The molecule has 2 aromatic carbocycles. The molecule has 8 rings (SSSR count). The van der Waals surface area contributed by atoms with Crippen LogP contribution in [0.1, 0.15) is 84.3 Å². The first kappa shape index (κ1) is 42.3. The third-order valence-electron chi connectivity index (χ3n) is 13.4. The second-order valence-electron chi connectivity index (χ2n) is 18.6. The number of para-hydroxylation sites is 2. The van der Waals surface area contributed by atoms with Crippen molar-refractivity contribution in [1.29, 1.82) is 0 Å². The number of pyridine rings is 1. The topological polar surface area (TPSA) is 159 Å². The van der Waals surface area contributed by atoms with Crippen LogP contribution in [0.2, 0.25) is 0 Å². The van der Waals surface area contributed by atoms with E-state index in [1.807, 2.05) is 86.3 Å². The first-order valence-electron chi connectivity index (χ1n) is 21.6. The fourth-order valence-electron chi connectivity index (χ4n) is 9.58. The quantitative estimate of drug-likeness (QED) is 0.150. The molecule has 4 amide bonds. The Morgan fingerprint density at radius 2 is 1.57 bits per heavy atom. The number of hydrogen-bond donors (Lipinski definition) is 1. The molecule has 0 radical (unpaired) electrons. The highest BCUT2D eigenvalue weighted by Gasteiger charge is 2.61. The number of fused-ring (bicyclic) bond motifs is 3. The van der Waals surface area contributed by atoms with Gasteiger partial charge in [-0.05, 0) is 80.5 Å². The van der Waals surface area contributed by atoms with Crippen LogP contribution in [0.25, 0.3) is 21.8 Å². The van der Waals surface area contributed by atoms with Crippen LogP contribution in [0.4, 0.5) is 4.79 Å². The maximum absolute atomic E-state index is 15.3. The molecule has 1 N–H and O–H groups in total. The number of benzene rings is 2. The molecule has 2 aliphatic heterocycles. The van der Waals surface area contributed by atoms with Crippen molar-refractivity contribution in [3.8, 4) is 0 Å². The zero-order chi connectivity index (χ0) is 43.3. The third kappa shape index (κ3) is 8.35. The number of piperidine rings is 1. The SMILES string of the molecule is C=C[C@@H]1C[C@]1(CC(=O)[C@@H]1C[C@@H](N(Cc2ccccn2)C(=O)n2c3ccccc3c3ccccc32)CN1C(=O)[C@@H](CC(=O)N1CCCCC1)C(C)(C)C)C(=O)NS(=O)(=O)C1CC1. The molecule has 0 unspecified atom stereocenters. The number of sulfonamides is 1. The summed E-state index contributed by atoms with van der Waals surface area (Å²) < 4.78 is 29.8. The summed E-state index contributed by atoms with van der Waals surface area (Å²) in [6.07, 6.45) is 6.98. The predicted octanol–water partition coefficient (Wildman–Crippen LogP) is 6.45. The molecule has 2 saturated carbocycles. The molecular weight excluding hydrogens is 793 g/mol. The Labute approximate surface area is 357 Å². The highest BCUT2D eigenvalue weighted by molar-refractivity contribution is 7.90. The van der Waals surface area contributed by atoms with Gasteiger partial charge in [0, 0.05) is 49.4 Å². The summed E-state index contributed by atoms with van der Waals surface area (Å²) in [6.45, 7) is 11.0. The summed E-state index contributed by atoms with van der Waals surface area (Å²) in [5.41, 5.74) is 0.0151. The summed E-state index contributed by atoms with van der Waals surface area (Å²) in [5.74, 6) is -2.85. The minimum Gasteiger partial charge on any atom is -0.343 e. The van der Waals surface area contributed by atoms with Gasteiger partial charge in [0.15, 0.2) is 5.78 Å². The molecule has 14 heteroatoms. The lowest BCUT2D eigenvalue weighted by atomic mass is 9.77. The van der Waals surface area contributed by atoms with Crippen molar-refractivity contribution >= 4 is 61.4 Å². The van der Waals surface area contributed by atoms with Gasteiger partial charge in [0.2, 0.25) is 27.7 Å². The molecule has 2 saturated heterocycles. The van der Waals surface area contributed by atoms with Gasteiger partial charge in [-0.3, -0.25) is 33.5 Å². The molecule has 5 atom stereocenters. The number of hydrogen-bond acceptors (Lipinski definition) is 8. The summed E-state index contributed by atoms with van der Waals surface area (Å²) in [5, 5.41) is 1.17. The molecule has 4 aliphatic rings. The summed E-state index contributed by atoms with van der Waals surface area (Å²) >= 11 is 0. The molecule has 2 aromatic heterocycles. The minimum atomic E-state index is -3.90. The number of ketones is 1. The van der Waals surface area contributed by atoms with E-state index in [9.17, 15) is 22.8 Å². The predicted molar refractivity (Wildman–Crippen MR) is 232 cm³/mol. The van der Waals surface area contributed by atoms with E-state index >= 15 is 9.59 Å². The lowest BCUT2D eigenvalue weighted by Gasteiger charge is -2.37. The van der Waals surface area contributed by atoms with Crippen molar-refractivity contribution in [2.45, 2.75) is 102 Å². The normalized spacial score (nSPS) is 23.4. The van der Waals surface area contributed by atoms with Crippen LogP contribution in [0.3, 0.4) is 0 Å². The number of Topliss-reactive ketones (excluding diaryl/α,β-unsaturated/α-hetero) is 1. The number of nitrogens with zero attached hydrogens (tertiary/aromatic N) is 5. The van der Waals surface area contributed by atoms with Gasteiger partial charge < -0.3 is 14.7 Å². The van der Waals surface area contributed by atoms with Crippen LogP contribution in [0.5, 0.6) is 0 Å². The van der Waals surface area contributed by atoms with Crippen molar-refractivity contribution in [3.63, 3.8) is 0 Å². The van der Waals surface area contributed by atoms with Crippen molar-refractivity contribution in [2.75, 3.05) is 19.6 Å². The van der Waals surface area contributed by atoms with Crippen molar-refractivity contribution in [2.24, 2.45) is 22.7 Å². The Morgan fingerprint density at radius 1 is 0.934 bits per heavy atom. The second-order valence-corrected chi connectivity index (χ2v) is 20.5. The highest BCUT2D eigenvalue weighted by Crippen LogP contribution is 2.57. The van der Waals surface area contributed by atoms with Crippen LogP contribution < -0.4 is 4.72 Å². The number of nitrogens with one attached hydrogen (secondary N) is 1. The largest absolute Gasteiger partial charge is 0.343 e. The fraction of sp³-hybridized carbons (Fsp3) is 0.489. The molecule has 0 bridgehead atoms. The molecule has 4 fully saturated rings. The van der Waals surface area contributed by atoms with Crippen LogP contribution in [-0.2, 0) is 35.7 Å². The molecule has 4 heterocycles. The maximum atomic E-state index is 15.3. The van der Waals surface area contributed by atoms with Crippen LogP contribution in [0.15, 0.2) is 85.6 Å². The molecule has 2 aliphatic carbocycles. The van der Waals surface area contributed by atoms with Gasteiger partial charge in [-0.2, -0.15) is 0 Å². The van der Waals surface area contributed by atoms with E-state index in [4.69, 9.17) is 0 Å². The number of allylic oxidation sites excluding steroid dienone is 1. The van der Waals surface area contributed by atoms with Gasteiger partial charge >= 0.3 is 6.03 Å². The van der Waals surface area contributed by atoms with Crippen molar-refractivity contribution in [1.82, 2.24) is 29.0 Å². The summed E-state index contributed by atoms with van der Waals surface area (Å²) in [6, 6.07) is 18.7. The molecule has 61 heavy (non-hydrogen) atoms. The van der Waals surface area contributed by atoms with Crippen molar-refractivity contribution < 1.29 is 32.4 Å². The average Bonchev–Trinajstić information content (AvgIpc) is 4.16. The zero-order valence-electron chi connectivity index (χ0n) is 35.3. The van der Waals surface area contributed by atoms with E-state index < -0.39 is 61.7 Å². The van der Waals surface area contributed by atoms with E-state index in [-0.39, 0.29) is 56.6 Å². The number of amides is 4. The average molecular weight is 849 g/mol. The Morgan fingerprint density at radius 3 is 2.15 bits per heavy atom. The van der Waals surface area contributed by atoms with Gasteiger partial charge in [0.05, 0.1) is 51.9 Å². The third-order valence-corrected chi connectivity index (χ3v) is 15.3. The maximum Gasteiger partial charge on any atom is 0.329 e. The van der Waals surface area contributed by atoms with Gasteiger partial charge in [0.25, 0.3) is 0 Å². The van der Waals surface area contributed by atoms with E-state index in [2.05, 4.69) is 16.3 Å². The fourth-order valence-corrected chi connectivity index (χ4v) is 11.0. The van der Waals surface area contributed by atoms with Gasteiger partial charge in [0.1, 0.15) is 0 Å². The number of rotatable bonds is 13. The smallest absolute Gasteiger partial charge is 0.329 e. The Bertz CT molecular complexity index is 2430. The first-order chi connectivity index (χ1) is 29.1. The Kier molecular flexibility index (Phi) is 11.4. The van der Waals surface area contributed by atoms with E-state index in [0.29, 0.717) is 42.7 Å². The van der Waals surface area contributed by atoms with Gasteiger partial charge in [-0.25, -0.2) is 13.2 Å².